The Bertz CT molecular complexity index is 464. The molecule has 0 aliphatic carbocycles. The molecule has 0 saturated heterocycles. The predicted molar refractivity (Wildman–Crippen MR) is 48.9 cm³/mol. The zero-order chi connectivity index (χ0) is 9.97. The molecule has 2 aromatic rings. The number of esters is 1. The van der Waals surface area contributed by atoms with Gasteiger partial charge in [0.1, 0.15) is 5.56 Å². The number of fused-ring (bicyclic) bond motifs is 1. The quantitative estimate of drug-likeness (QED) is 0.662. The van der Waals surface area contributed by atoms with Crippen molar-refractivity contribution in [3.8, 4) is 0 Å². The summed E-state index contributed by atoms with van der Waals surface area (Å²) in [6, 6.07) is 1.60. The monoisotopic (exact) mass is 191 g/mol. The molecule has 0 atom stereocenters. The summed E-state index contributed by atoms with van der Waals surface area (Å²) in [7, 11) is 0. The van der Waals surface area contributed by atoms with Crippen molar-refractivity contribution in [1.29, 1.82) is 0 Å². The first-order valence-corrected chi connectivity index (χ1v) is 4.28. The minimum Gasteiger partial charge on any atom is -0.462 e. The molecule has 0 fully saturated rings. The van der Waals surface area contributed by atoms with Gasteiger partial charge in [-0.15, -0.1) is 0 Å². The Hall–Kier alpha value is -1.91. The van der Waals surface area contributed by atoms with Gasteiger partial charge in [0.05, 0.1) is 6.61 Å². The smallest absolute Gasteiger partial charge is 0.342 e. The maximum absolute atomic E-state index is 11.5. The van der Waals surface area contributed by atoms with E-state index in [0.29, 0.717) is 17.8 Å². The molecule has 0 radical (unpaired) electrons. The van der Waals surface area contributed by atoms with Crippen LogP contribution >= 0.6 is 0 Å². The molecular formula is C9H9N3O2. The minimum absolute atomic E-state index is 0.355. The van der Waals surface area contributed by atoms with Crippen molar-refractivity contribution >= 4 is 11.6 Å². The Morgan fingerprint density at radius 1 is 1.57 bits per heavy atom. The summed E-state index contributed by atoms with van der Waals surface area (Å²) in [4.78, 5) is 15.5. The summed E-state index contributed by atoms with van der Waals surface area (Å²) in [5, 5.41) is 3.99. The molecular weight excluding hydrogens is 182 g/mol. The van der Waals surface area contributed by atoms with Crippen LogP contribution in [0.4, 0.5) is 0 Å². The van der Waals surface area contributed by atoms with E-state index in [1.807, 2.05) is 0 Å². The molecule has 2 heterocycles. The summed E-state index contributed by atoms with van der Waals surface area (Å²) >= 11 is 0. The molecule has 5 nitrogen and oxygen atoms in total. The first-order valence-electron chi connectivity index (χ1n) is 4.28. The van der Waals surface area contributed by atoms with Gasteiger partial charge < -0.3 is 4.74 Å². The summed E-state index contributed by atoms with van der Waals surface area (Å²) in [5.74, 6) is -0.369. The standard InChI is InChI=1S/C9H9N3O2/c1-2-14-9(13)7-3-4-11-12-6-5-10-8(7)12/h3-6H,2H2,1H3. The molecule has 0 N–H and O–H groups in total. The first kappa shape index (κ1) is 8.68. The molecule has 0 aliphatic heterocycles. The van der Waals surface area contributed by atoms with E-state index in [2.05, 4.69) is 10.1 Å². The van der Waals surface area contributed by atoms with Crippen LogP contribution in [0.3, 0.4) is 0 Å². The van der Waals surface area contributed by atoms with Crippen molar-refractivity contribution in [3.63, 3.8) is 0 Å². The Morgan fingerprint density at radius 3 is 3.21 bits per heavy atom. The number of nitrogens with zero attached hydrogens (tertiary/aromatic N) is 3. The third-order valence-corrected chi connectivity index (χ3v) is 1.79. The lowest BCUT2D eigenvalue weighted by molar-refractivity contribution is 0.0527. The van der Waals surface area contributed by atoms with Crippen molar-refractivity contribution < 1.29 is 9.53 Å². The largest absolute Gasteiger partial charge is 0.462 e. The van der Waals surface area contributed by atoms with Gasteiger partial charge >= 0.3 is 5.97 Å². The van der Waals surface area contributed by atoms with Crippen LogP contribution in [-0.4, -0.2) is 27.2 Å². The number of aromatic nitrogens is 3. The summed E-state index contributed by atoms with van der Waals surface area (Å²) in [6.07, 6.45) is 4.81. The van der Waals surface area contributed by atoms with E-state index >= 15 is 0 Å². The number of rotatable bonds is 2. The topological polar surface area (TPSA) is 56.5 Å². The van der Waals surface area contributed by atoms with Crippen LogP contribution < -0.4 is 0 Å². The van der Waals surface area contributed by atoms with Gasteiger partial charge in [0.15, 0.2) is 5.65 Å². The summed E-state index contributed by atoms with van der Waals surface area (Å²) < 4.78 is 6.42. The second-order valence-electron chi connectivity index (χ2n) is 2.66. The van der Waals surface area contributed by atoms with Crippen molar-refractivity contribution in [2.75, 3.05) is 6.61 Å². The average Bonchev–Trinajstić information content (AvgIpc) is 2.65. The van der Waals surface area contributed by atoms with Crippen LogP contribution in [0, 0.1) is 0 Å². The lowest BCUT2D eigenvalue weighted by atomic mass is 10.3. The van der Waals surface area contributed by atoms with Gasteiger partial charge in [0, 0.05) is 18.6 Å². The van der Waals surface area contributed by atoms with Gasteiger partial charge in [-0.05, 0) is 13.0 Å². The van der Waals surface area contributed by atoms with E-state index in [1.165, 1.54) is 4.52 Å². The van der Waals surface area contributed by atoms with E-state index in [-0.39, 0.29) is 5.97 Å². The molecule has 14 heavy (non-hydrogen) atoms. The van der Waals surface area contributed by atoms with E-state index in [9.17, 15) is 4.79 Å². The Balaban J connectivity index is 2.50. The second-order valence-corrected chi connectivity index (χ2v) is 2.66. The van der Waals surface area contributed by atoms with Gasteiger partial charge in [0.2, 0.25) is 0 Å². The molecule has 0 aliphatic rings. The molecule has 0 amide bonds. The maximum Gasteiger partial charge on any atom is 0.342 e. The SMILES string of the molecule is CCOC(=O)c1ccnn2ccnc12. The Labute approximate surface area is 80.3 Å². The van der Waals surface area contributed by atoms with Gasteiger partial charge in [0.25, 0.3) is 0 Å². The van der Waals surface area contributed by atoms with Crippen molar-refractivity contribution in [2.45, 2.75) is 6.92 Å². The van der Waals surface area contributed by atoms with Crippen LogP contribution in [0.2, 0.25) is 0 Å². The minimum atomic E-state index is -0.369. The fraction of sp³-hybridized carbons (Fsp3) is 0.222. The molecule has 0 bridgehead atoms. The van der Waals surface area contributed by atoms with Crippen molar-refractivity contribution in [2.24, 2.45) is 0 Å². The van der Waals surface area contributed by atoms with Gasteiger partial charge in [-0.1, -0.05) is 0 Å². The molecule has 72 valence electrons. The van der Waals surface area contributed by atoms with E-state index < -0.39 is 0 Å². The molecule has 0 unspecified atom stereocenters. The number of ether oxygens (including phenoxy) is 1. The van der Waals surface area contributed by atoms with E-state index in [4.69, 9.17) is 4.74 Å². The second kappa shape index (κ2) is 3.45. The maximum atomic E-state index is 11.5. The van der Waals surface area contributed by atoms with Gasteiger partial charge in [-0.2, -0.15) is 5.10 Å². The number of hydrogen-bond acceptors (Lipinski definition) is 4. The van der Waals surface area contributed by atoms with Crippen LogP contribution in [0.25, 0.3) is 5.65 Å². The number of carbonyl (C=O) groups excluding carboxylic acids is 1. The molecule has 0 saturated carbocycles. The summed E-state index contributed by atoms with van der Waals surface area (Å²) in [6.45, 7) is 2.12. The third-order valence-electron chi connectivity index (χ3n) is 1.79. The van der Waals surface area contributed by atoms with Crippen LogP contribution in [0.15, 0.2) is 24.7 Å². The summed E-state index contributed by atoms with van der Waals surface area (Å²) in [5.41, 5.74) is 0.956. The highest BCUT2D eigenvalue weighted by molar-refractivity contribution is 5.95. The highest BCUT2D eigenvalue weighted by Gasteiger charge is 2.12. The molecule has 0 spiro atoms. The third kappa shape index (κ3) is 1.32. The van der Waals surface area contributed by atoms with Crippen LogP contribution in [-0.2, 0) is 4.74 Å². The molecule has 0 aromatic carbocycles. The van der Waals surface area contributed by atoms with Crippen molar-refractivity contribution in [1.82, 2.24) is 14.6 Å². The molecule has 5 heteroatoms. The lowest BCUT2D eigenvalue weighted by Crippen LogP contribution is -2.07. The number of imidazole rings is 1. The van der Waals surface area contributed by atoms with E-state index in [1.54, 1.807) is 31.6 Å². The Morgan fingerprint density at radius 2 is 2.43 bits per heavy atom. The highest BCUT2D eigenvalue weighted by Crippen LogP contribution is 2.07. The van der Waals surface area contributed by atoms with Gasteiger partial charge in [-0.25, -0.2) is 14.3 Å². The highest BCUT2D eigenvalue weighted by atomic mass is 16.5. The Kier molecular flexibility index (Phi) is 2.14. The zero-order valence-electron chi connectivity index (χ0n) is 7.67. The molecule has 2 aromatic heterocycles. The van der Waals surface area contributed by atoms with Crippen molar-refractivity contribution in [3.05, 3.63) is 30.2 Å². The van der Waals surface area contributed by atoms with Crippen LogP contribution in [0.5, 0.6) is 0 Å². The number of carbonyl (C=O) groups is 1. The predicted octanol–water partition coefficient (Wildman–Crippen LogP) is 0.906. The molecule has 2 rings (SSSR count). The zero-order valence-corrected chi connectivity index (χ0v) is 7.67. The first-order chi connectivity index (χ1) is 6.83. The van der Waals surface area contributed by atoms with E-state index in [0.717, 1.165) is 0 Å². The van der Waals surface area contributed by atoms with Gasteiger partial charge in [-0.3, -0.25) is 0 Å². The normalized spacial score (nSPS) is 10.4. The van der Waals surface area contributed by atoms with Crippen LogP contribution in [0.1, 0.15) is 17.3 Å². The average molecular weight is 191 g/mol. The number of hydrogen-bond donors (Lipinski definition) is 0. The fourth-order valence-electron chi connectivity index (χ4n) is 1.21. The fourth-order valence-corrected chi connectivity index (χ4v) is 1.21. The lowest BCUT2D eigenvalue weighted by Gasteiger charge is -2.01.